The van der Waals surface area contributed by atoms with E-state index in [1.807, 2.05) is 90.1 Å². The van der Waals surface area contributed by atoms with Crippen LogP contribution < -0.4 is 0 Å². The summed E-state index contributed by atoms with van der Waals surface area (Å²) in [5, 5.41) is 20.0. The largest absolute Gasteiger partial charge is 0.457 e. The maximum absolute atomic E-state index is 14.4. The van der Waals surface area contributed by atoms with E-state index < -0.39 is 71.5 Å². The number of carbonyl (C=O) groups excluding carboxylic acids is 3. The summed E-state index contributed by atoms with van der Waals surface area (Å²) in [6.07, 6.45) is -0.387. The molecular formula is C43H64N6O9. The first-order chi connectivity index (χ1) is 27.4. The highest BCUT2D eigenvalue weighted by molar-refractivity contribution is 6.00. The molecule has 15 heteroatoms. The summed E-state index contributed by atoms with van der Waals surface area (Å²) in [5.74, 6) is -2.97. The van der Waals surface area contributed by atoms with Crippen LogP contribution in [0.25, 0.3) is 11.3 Å². The molecule has 1 unspecified atom stereocenters. The van der Waals surface area contributed by atoms with Crippen LogP contribution >= 0.6 is 0 Å². The second-order valence-electron chi connectivity index (χ2n) is 17.5. The van der Waals surface area contributed by atoms with Crippen LogP contribution in [0.3, 0.4) is 0 Å². The molecule has 0 spiro atoms. The normalized spacial score (nSPS) is 37.4. The van der Waals surface area contributed by atoms with E-state index in [0.717, 1.165) is 22.8 Å². The van der Waals surface area contributed by atoms with Gasteiger partial charge in [0.25, 0.3) is 0 Å². The zero-order valence-electron chi connectivity index (χ0n) is 36.0. The summed E-state index contributed by atoms with van der Waals surface area (Å²) in [6, 6.07) is 9.16. The Balaban J connectivity index is 1.37. The van der Waals surface area contributed by atoms with E-state index in [2.05, 4.69) is 16.9 Å². The van der Waals surface area contributed by atoms with Gasteiger partial charge in [0.15, 0.2) is 17.7 Å². The Bertz CT molecular complexity index is 1810. The van der Waals surface area contributed by atoms with Crippen LogP contribution in [-0.4, -0.2) is 135 Å². The van der Waals surface area contributed by atoms with Gasteiger partial charge in [0.2, 0.25) is 0 Å². The smallest absolute Gasteiger partial charge is 0.431 e. The van der Waals surface area contributed by atoms with Gasteiger partial charge in [-0.2, -0.15) is 15.2 Å². The van der Waals surface area contributed by atoms with Gasteiger partial charge in [0.05, 0.1) is 36.2 Å². The Morgan fingerprint density at radius 3 is 2.41 bits per heavy atom. The molecular weight excluding hydrogens is 745 g/mol. The van der Waals surface area contributed by atoms with Crippen molar-refractivity contribution >= 4 is 23.6 Å². The predicted octanol–water partition coefficient (Wildman–Crippen LogP) is 5.23. The number of benzene rings is 1. The Kier molecular flexibility index (Phi) is 13.1. The van der Waals surface area contributed by atoms with Crippen molar-refractivity contribution in [2.24, 2.45) is 28.8 Å². The monoisotopic (exact) mass is 808 g/mol. The molecule has 1 aromatic carbocycles. The van der Waals surface area contributed by atoms with Gasteiger partial charge >= 0.3 is 12.1 Å². The first-order valence-electron chi connectivity index (χ1n) is 20.9. The number of hydrogen-bond donors (Lipinski definition) is 2. The molecule has 13 atom stereocenters. The Hall–Kier alpha value is -3.89. The van der Waals surface area contributed by atoms with Crippen LogP contribution in [0.15, 0.2) is 41.6 Å². The third-order valence-corrected chi connectivity index (χ3v) is 13.0. The third-order valence-electron chi connectivity index (χ3n) is 13.0. The van der Waals surface area contributed by atoms with Crippen LogP contribution in [0.1, 0.15) is 86.9 Å². The summed E-state index contributed by atoms with van der Waals surface area (Å²) in [5.41, 5.74) is 0.360. The van der Waals surface area contributed by atoms with Crippen molar-refractivity contribution in [2.45, 2.75) is 141 Å². The number of cyclic esters (lactones) is 1. The van der Waals surface area contributed by atoms with Crippen molar-refractivity contribution in [3.8, 4) is 11.3 Å². The van der Waals surface area contributed by atoms with Crippen LogP contribution in [0.2, 0.25) is 0 Å². The summed E-state index contributed by atoms with van der Waals surface area (Å²) >= 11 is 0. The van der Waals surface area contributed by atoms with Crippen LogP contribution in [0.5, 0.6) is 0 Å². The number of aromatic amines is 1. The molecule has 58 heavy (non-hydrogen) atoms. The van der Waals surface area contributed by atoms with Crippen LogP contribution in [0, 0.1) is 23.7 Å². The number of nitrogens with one attached hydrogen (secondary N) is 1. The summed E-state index contributed by atoms with van der Waals surface area (Å²) in [4.78, 5) is 52.3. The SMILES string of the molecule is CC[C@H]1OC(=O)[C@H](C)C(=O)[C@H](C)[C@@H](O[C@H]2O[C@@H](C)C[C@@H](N(C)C)[C@@H]2O)C(C)(OC)C[C@@H](C)C2=NN(CCCc3ncc(-c4ccccc4)[nH]3)N3C(=O)O[C@@]1(C)[C@H]3[C@H]2C. The van der Waals surface area contributed by atoms with E-state index >= 15 is 0 Å². The highest BCUT2D eigenvalue weighted by Gasteiger charge is 2.63. The van der Waals surface area contributed by atoms with E-state index in [4.69, 9.17) is 28.8 Å². The lowest BCUT2D eigenvalue weighted by atomic mass is 9.73. The standard InChI is InChI=1S/C43H64N6O9/c1-12-32-43(8)37-26(4)34(46-48(49(37)41(53)58-43)20-16-19-33-44-23-30(45-33)29-17-14-13-15-18-29)24(2)22-42(7,54-11)38(27(5)35(50)28(6)39(52)56-32)57-40-36(51)31(47(9)10)21-25(3)55-40/h13-15,17-18,23-28,31-32,36-38,40,51H,12,16,19-22H2,1-11H3,(H,44,45)/t24-,25+,26+,27+,28-,31-,32-,36+,37-,38-,40-,42?,43-/m1/s1. The van der Waals surface area contributed by atoms with Crippen molar-refractivity contribution in [3.63, 3.8) is 0 Å². The minimum Gasteiger partial charge on any atom is -0.457 e. The van der Waals surface area contributed by atoms with Crippen molar-refractivity contribution < 1.29 is 43.2 Å². The van der Waals surface area contributed by atoms with Crippen molar-refractivity contribution in [1.82, 2.24) is 25.0 Å². The average molecular weight is 809 g/mol. The number of aromatic nitrogens is 2. The number of fused-ring (bicyclic) bond motifs is 1. The number of carbonyl (C=O) groups is 3. The quantitative estimate of drug-likeness (QED) is 0.237. The topological polar surface area (TPSA) is 168 Å². The summed E-state index contributed by atoms with van der Waals surface area (Å²) < 4.78 is 31.7. The summed E-state index contributed by atoms with van der Waals surface area (Å²) in [6.45, 7) is 15.2. The number of aliphatic hydroxyl groups is 1. The molecule has 0 saturated carbocycles. The number of hydrogen-bond acceptors (Lipinski definition) is 13. The van der Waals surface area contributed by atoms with Gasteiger partial charge in [-0.1, -0.05) is 58.0 Å². The van der Waals surface area contributed by atoms with Crippen molar-refractivity contribution in [3.05, 3.63) is 42.4 Å². The van der Waals surface area contributed by atoms with Gasteiger partial charge in [-0.3, -0.25) is 9.59 Å². The molecule has 3 saturated heterocycles. The molecule has 1 amide bonds. The number of aliphatic hydroxyl groups excluding tert-OH is 1. The Morgan fingerprint density at radius 1 is 1.05 bits per heavy atom. The first-order valence-corrected chi connectivity index (χ1v) is 20.9. The fourth-order valence-corrected chi connectivity index (χ4v) is 9.76. The maximum atomic E-state index is 14.4. The van der Waals surface area contributed by atoms with Gasteiger partial charge in [0.1, 0.15) is 30.0 Å². The number of imidazole rings is 1. The number of rotatable bonds is 10. The molecule has 4 aliphatic heterocycles. The predicted molar refractivity (Wildman–Crippen MR) is 216 cm³/mol. The zero-order chi connectivity index (χ0) is 42.3. The molecule has 5 heterocycles. The van der Waals surface area contributed by atoms with Gasteiger partial charge in [-0.25, -0.2) is 9.78 Å². The average Bonchev–Trinajstić information content (AvgIpc) is 3.78. The van der Waals surface area contributed by atoms with Gasteiger partial charge < -0.3 is 38.7 Å². The summed E-state index contributed by atoms with van der Waals surface area (Å²) in [7, 11) is 5.38. The number of likely N-dealkylation sites (N-methyl/N-ethyl adjacent to an activating group) is 1. The van der Waals surface area contributed by atoms with Gasteiger partial charge in [-0.15, -0.1) is 0 Å². The molecule has 320 valence electrons. The van der Waals surface area contributed by atoms with Crippen molar-refractivity contribution in [1.29, 1.82) is 0 Å². The van der Waals surface area contributed by atoms with Crippen LogP contribution in [0.4, 0.5) is 4.79 Å². The number of methoxy groups -OCH3 is 1. The molecule has 1 aromatic heterocycles. The number of ether oxygens (including phenoxy) is 5. The maximum Gasteiger partial charge on any atom is 0.431 e. The lowest BCUT2D eigenvalue weighted by Crippen LogP contribution is -2.63. The first kappa shape index (κ1) is 43.7. The molecule has 3 fully saturated rings. The van der Waals surface area contributed by atoms with Gasteiger partial charge in [-0.05, 0) is 79.0 Å². The van der Waals surface area contributed by atoms with E-state index in [1.54, 1.807) is 24.2 Å². The molecule has 2 N–H and O–H groups in total. The molecule has 0 aliphatic carbocycles. The molecule has 4 aliphatic rings. The van der Waals surface area contributed by atoms with E-state index in [0.29, 0.717) is 38.6 Å². The second kappa shape index (κ2) is 17.4. The molecule has 2 bridgehead atoms. The highest BCUT2D eigenvalue weighted by atomic mass is 16.7. The lowest BCUT2D eigenvalue weighted by Gasteiger charge is -2.49. The Labute approximate surface area is 342 Å². The van der Waals surface area contributed by atoms with Gasteiger partial charge in [0, 0.05) is 37.1 Å². The number of amides is 1. The number of esters is 1. The number of nitrogens with zero attached hydrogens (tertiary/aromatic N) is 5. The number of hydrazine groups is 1. The third kappa shape index (κ3) is 8.29. The molecule has 2 aromatic rings. The molecule has 15 nitrogen and oxygen atoms in total. The fraction of sp³-hybridized carbons (Fsp3) is 0.698. The van der Waals surface area contributed by atoms with Crippen LogP contribution in [-0.2, 0) is 39.7 Å². The number of hydrazone groups is 1. The number of aryl methyl sites for hydroxylation is 1. The number of H-pyrrole nitrogens is 1. The zero-order valence-corrected chi connectivity index (χ0v) is 36.0. The van der Waals surface area contributed by atoms with Crippen molar-refractivity contribution in [2.75, 3.05) is 27.7 Å². The molecule has 6 rings (SSSR count). The minimum absolute atomic E-state index is 0.228. The molecule has 0 radical (unpaired) electrons. The lowest BCUT2D eigenvalue weighted by molar-refractivity contribution is -0.295. The fourth-order valence-electron chi connectivity index (χ4n) is 9.76. The highest BCUT2D eigenvalue weighted by Crippen LogP contribution is 2.46. The van der Waals surface area contributed by atoms with E-state index in [-0.39, 0.29) is 24.0 Å². The number of ketones is 1. The van der Waals surface area contributed by atoms with E-state index in [1.165, 1.54) is 6.92 Å². The number of Topliss-reactive ketones (excluding diaryl/α,β-unsaturated/α-hetero) is 1. The second-order valence-corrected chi connectivity index (χ2v) is 17.5. The Morgan fingerprint density at radius 2 is 1.76 bits per heavy atom. The minimum atomic E-state index is -1.27. The van der Waals surface area contributed by atoms with E-state index in [9.17, 15) is 19.5 Å².